The second kappa shape index (κ2) is 8.18. The zero-order valence-corrected chi connectivity index (χ0v) is 12.1. The van der Waals surface area contributed by atoms with E-state index in [0.29, 0.717) is 25.4 Å². The quantitative estimate of drug-likeness (QED) is 0.851. The summed E-state index contributed by atoms with van der Waals surface area (Å²) in [6.45, 7) is 2.53. The molecule has 0 aromatic carbocycles. The fourth-order valence-corrected chi connectivity index (χ4v) is 2.57. The summed E-state index contributed by atoms with van der Waals surface area (Å²) in [4.78, 5) is 2.23. The van der Waals surface area contributed by atoms with Gasteiger partial charge in [-0.05, 0) is 31.4 Å². The van der Waals surface area contributed by atoms with Gasteiger partial charge in [-0.2, -0.15) is 15.6 Å². The lowest BCUT2D eigenvalue weighted by Gasteiger charge is -2.34. The molecule has 0 radical (unpaired) electrons. The Bertz CT molecular complexity index is 503. The number of aromatic nitrogens is 2. The first kappa shape index (κ1) is 15.2. The van der Waals surface area contributed by atoms with E-state index in [2.05, 4.69) is 32.6 Å². The van der Waals surface area contributed by atoms with Crippen LogP contribution >= 0.6 is 0 Å². The molecule has 1 aromatic rings. The van der Waals surface area contributed by atoms with Crippen molar-refractivity contribution in [1.29, 1.82) is 10.5 Å². The van der Waals surface area contributed by atoms with Gasteiger partial charge in [0.25, 0.3) is 0 Å². The van der Waals surface area contributed by atoms with Crippen molar-refractivity contribution in [2.75, 3.05) is 24.5 Å². The van der Waals surface area contributed by atoms with E-state index in [1.165, 1.54) is 0 Å². The van der Waals surface area contributed by atoms with Crippen LogP contribution in [0.5, 0.6) is 0 Å². The monoisotopic (exact) mass is 284 g/mol. The lowest BCUT2D eigenvalue weighted by Crippen LogP contribution is -2.47. The van der Waals surface area contributed by atoms with Gasteiger partial charge in [-0.15, -0.1) is 5.10 Å². The van der Waals surface area contributed by atoms with Crippen LogP contribution in [0.15, 0.2) is 18.3 Å². The van der Waals surface area contributed by atoms with Gasteiger partial charge in [-0.3, -0.25) is 0 Å². The van der Waals surface area contributed by atoms with Crippen LogP contribution in [-0.2, 0) is 0 Å². The fraction of sp³-hybridized carbons (Fsp3) is 0.600. The van der Waals surface area contributed by atoms with Crippen LogP contribution in [0.3, 0.4) is 0 Å². The van der Waals surface area contributed by atoms with Gasteiger partial charge in [0.1, 0.15) is 0 Å². The number of hydrogen-bond donors (Lipinski definition) is 1. The zero-order chi connectivity index (χ0) is 14.9. The molecule has 0 spiro atoms. The molecular formula is C15H20N6. The summed E-state index contributed by atoms with van der Waals surface area (Å²) in [6.07, 6.45) is 4.96. The molecule has 0 saturated carbocycles. The van der Waals surface area contributed by atoms with Crippen LogP contribution in [0, 0.1) is 28.6 Å². The maximum Gasteiger partial charge on any atom is 0.151 e. The van der Waals surface area contributed by atoms with E-state index in [-0.39, 0.29) is 5.92 Å². The number of nitrogens with zero attached hydrogens (tertiary/aromatic N) is 5. The summed E-state index contributed by atoms with van der Waals surface area (Å²) < 4.78 is 0. The van der Waals surface area contributed by atoms with Crippen molar-refractivity contribution in [3.63, 3.8) is 0 Å². The molecule has 6 nitrogen and oxygen atoms in total. The van der Waals surface area contributed by atoms with Crippen molar-refractivity contribution in [2.45, 2.75) is 31.7 Å². The Morgan fingerprint density at radius 2 is 2.38 bits per heavy atom. The Hall–Kier alpha value is -2.18. The Labute approximate surface area is 125 Å². The molecule has 21 heavy (non-hydrogen) atoms. The Balaban J connectivity index is 1.82. The molecule has 2 atom stereocenters. The number of anilines is 1. The molecule has 1 N–H and O–H groups in total. The van der Waals surface area contributed by atoms with Crippen molar-refractivity contribution in [1.82, 2.24) is 15.5 Å². The van der Waals surface area contributed by atoms with E-state index < -0.39 is 0 Å². The van der Waals surface area contributed by atoms with Crippen molar-refractivity contribution in [3.8, 4) is 12.1 Å². The average molecular weight is 284 g/mol. The molecule has 1 aromatic heterocycles. The van der Waals surface area contributed by atoms with E-state index in [1.807, 2.05) is 12.1 Å². The molecule has 0 bridgehead atoms. The normalized spacial score (nSPS) is 19.5. The highest BCUT2D eigenvalue weighted by molar-refractivity contribution is 5.37. The maximum absolute atomic E-state index is 9.08. The van der Waals surface area contributed by atoms with E-state index in [1.54, 1.807) is 6.20 Å². The largest absolute Gasteiger partial charge is 0.354 e. The SMILES string of the molecule is N#CCC[C@@H](C#N)CN[C@@H]1CCCN(c2cccnn2)C1. The van der Waals surface area contributed by atoms with Gasteiger partial charge in [-0.1, -0.05) is 0 Å². The number of piperidine rings is 1. The van der Waals surface area contributed by atoms with Crippen LogP contribution in [0.4, 0.5) is 5.82 Å². The van der Waals surface area contributed by atoms with Crippen LogP contribution < -0.4 is 10.2 Å². The molecule has 1 aliphatic rings. The number of nitrogens with one attached hydrogen (secondary N) is 1. The Morgan fingerprint density at radius 1 is 1.48 bits per heavy atom. The van der Waals surface area contributed by atoms with Crippen LogP contribution in [0.1, 0.15) is 25.7 Å². The molecule has 0 amide bonds. The van der Waals surface area contributed by atoms with Gasteiger partial charge < -0.3 is 10.2 Å². The third kappa shape index (κ3) is 4.70. The summed E-state index contributed by atoms with van der Waals surface area (Å²) >= 11 is 0. The minimum absolute atomic E-state index is 0.0865. The predicted octanol–water partition coefficient (Wildman–Crippen LogP) is 1.48. The smallest absolute Gasteiger partial charge is 0.151 e. The summed E-state index contributed by atoms with van der Waals surface area (Å²) in [6, 6.07) is 8.59. The predicted molar refractivity (Wildman–Crippen MR) is 79.2 cm³/mol. The van der Waals surface area contributed by atoms with Crippen LogP contribution in [0.2, 0.25) is 0 Å². The third-order valence-corrected chi connectivity index (χ3v) is 3.74. The minimum Gasteiger partial charge on any atom is -0.354 e. The first-order valence-electron chi connectivity index (χ1n) is 7.36. The molecule has 1 aliphatic heterocycles. The number of rotatable bonds is 6. The molecule has 1 fully saturated rings. The van der Waals surface area contributed by atoms with Crippen molar-refractivity contribution in [2.24, 2.45) is 5.92 Å². The van der Waals surface area contributed by atoms with Gasteiger partial charge in [0.15, 0.2) is 5.82 Å². The average Bonchev–Trinajstić information content (AvgIpc) is 2.56. The molecule has 6 heteroatoms. The molecule has 1 saturated heterocycles. The first-order chi connectivity index (χ1) is 10.3. The van der Waals surface area contributed by atoms with E-state index in [0.717, 1.165) is 31.7 Å². The van der Waals surface area contributed by atoms with E-state index >= 15 is 0 Å². The second-order valence-electron chi connectivity index (χ2n) is 5.30. The topological polar surface area (TPSA) is 88.6 Å². The van der Waals surface area contributed by atoms with Gasteiger partial charge in [0.05, 0.1) is 18.1 Å². The van der Waals surface area contributed by atoms with Gasteiger partial charge in [-0.25, -0.2) is 0 Å². The molecule has 2 rings (SSSR count). The Morgan fingerprint density at radius 3 is 3.10 bits per heavy atom. The number of hydrogen-bond acceptors (Lipinski definition) is 6. The van der Waals surface area contributed by atoms with E-state index in [4.69, 9.17) is 10.5 Å². The van der Waals surface area contributed by atoms with Gasteiger partial charge in [0.2, 0.25) is 0 Å². The molecule has 0 aliphatic carbocycles. The highest BCUT2D eigenvalue weighted by atomic mass is 15.3. The summed E-state index contributed by atoms with van der Waals surface area (Å²) in [5.41, 5.74) is 0. The van der Waals surface area contributed by atoms with Gasteiger partial charge >= 0.3 is 0 Å². The Kier molecular flexibility index (Phi) is 5.93. The maximum atomic E-state index is 9.08. The molecule has 110 valence electrons. The zero-order valence-electron chi connectivity index (χ0n) is 12.1. The minimum atomic E-state index is -0.0865. The molecule has 0 unspecified atom stereocenters. The summed E-state index contributed by atoms with van der Waals surface area (Å²) in [5, 5.41) is 29.2. The number of nitriles is 2. The van der Waals surface area contributed by atoms with Crippen LogP contribution in [0.25, 0.3) is 0 Å². The lowest BCUT2D eigenvalue weighted by molar-refractivity contribution is 0.398. The summed E-state index contributed by atoms with van der Waals surface area (Å²) in [7, 11) is 0. The highest BCUT2D eigenvalue weighted by Crippen LogP contribution is 2.17. The first-order valence-corrected chi connectivity index (χ1v) is 7.36. The van der Waals surface area contributed by atoms with Crippen molar-refractivity contribution in [3.05, 3.63) is 18.3 Å². The second-order valence-corrected chi connectivity index (χ2v) is 5.30. The lowest BCUT2D eigenvalue weighted by atomic mass is 10.0. The third-order valence-electron chi connectivity index (χ3n) is 3.74. The molecule has 2 heterocycles. The van der Waals surface area contributed by atoms with E-state index in [9.17, 15) is 0 Å². The standard InChI is InChI=1S/C15H20N6/c16-7-1-4-13(10-17)11-18-14-5-3-9-21(12-14)15-6-2-8-19-20-15/h2,6,8,13-14,18H,1,3-5,9,11-12H2/t13-,14+/m0/s1. The highest BCUT2D eigenvalue weighted by Gasteiger charge is 2.21. The van der Waals surface area contributed by atoms with Crippen LogP contribution in [-0.4, -0.2) is 35.9 Å². The summed E-state index contributed by atoms with van der Waals surface area (Å²) in [5.74, 6) is 0.821. The van der Waals surface area contributed by atoms with Crippen molar-refractivity contribution >= 4 is 5.82 Å². The fourth-order valence-electron chi connectivity index (χ4n) is 2.57. The molecular weight excluding hydrogens is 264 g/mol. The van der Waals surface area contributed by atoms with Gasteiger partial charge in [0, 0.05) is 38.3 Å². The van der Waals surface area contributed by atoms with Crippen molar-refractivity contribution < 1.29 is 0 Å².